The first kappa shape index (κ1) is 16.4. The number of nitrogens with zero attached hydrogens (tertiary/aromatic N) is 1. The molecule has 0 bridgehead atoms. The van der Waals surface area contributed by atoms with Crippen LogP contribution in [0.2, 0.25) is 0 Å². The molecule has 0 atom stereocenters. The van der Waals surface area contributed by atoms with Gasteiger partial charge in [-0.3, -0.25) is 4.79 Å². The molecule has 0 radical (unpaired) electrons. The van der Waals surface area contributed by atoms with Crippen molar-refractivity contribution in [2.24, 2.45) is 0 Å². The molecule has 1 aromatic heterocycles. The van der Waals surface area contributed by atoms with Gasteiger partial charge in [0, 0.05) is 11.3 Å². The van der Waals surface area contributed by atoms with E-state index < -0.39 is 0 Å². The summed E-state index contributed by atoms with van der Waals surface area (Å²) < 4.78 is 0. The van der Waals surface area contributed by atoms with Gasteiger partial charge in [-0.2, -0.15) is 0 Å². The number of thiophene rings is 1. The van der Waals surface area contributed by atoms with Crippen LogP contribution in [0.4, 0.5) is 0 Å². The Morgan fingerprint density at radius 1 is 1.17 bits per heavy atom. The van der Waals surface area contributed by atoms with E-state index >= 15 is 0 Å². The van der Waals surface area contributed by atoms with Crippen LogP contribution in [0.25, 0.3) is 10.4 Å². The van der Waals surface area contributed by atoms with Gasteiger partial charge in [-0.25, -0.2) is 0 Å². The van der Waals surface area contributed by atoms with E-state index in [0.29, 0.717) is 12.2 Å². The Kier molecular flexibility index (Phi) is 4.98. The maximum Gasteiger partial charge on any atom is 0.143 e. The van der Waals surface area contributed by atoms with E-state index in [4.69, 9.17) is 0 Å². The average molecular weight is 327 g/mol. The molecular formula is C20H25NOS. The third kappa shape index (κ3) is 3.13. The van der Waals surface area contributed by atoms with Gasteiger partial charge in [0.2, 0.25) is 0 Å². The van der Waals surface area contributed by atoms with Gasteiger partial charge in [0.25, 0.3) is 0 Å². The fraction of sp³-hybridized carbons (Fsp3) is 0.450. The molecule has 1 aliphatic heterocycles. The molecule has 2 nitrogen and oxygen atoms in total. The van der Waals surface area contributed by atoms with Crippen molar-refractivity contribution in [3.05, 3.63) is 47.3 Å². The first-order valence-electron chi connectivity index (χ1n) is 8.52. The summed E-state index contributed by atoms with van der Waals surface area (Å²) in [5.74, 6) is 0.434. The minimum atomic E-state index is -0.284. The molecule has 0 unspecified atom stereocenters. The van der Waals surface area contributed by atoms with Crippen molar-refractivity contribution >= 4 is 17.1 Å². The third-order valence-electron chi connectivity index (χ3n) is 5.07. The van der Waals surface area contributed by atoms with E-state index in [1.165, 1.54) is 16.0 Å². The van der Waals surface area contributed by atoms with Gasteiger partial charge in [0.1, 0.15) is 5.78 Å². The van der Waals surface area contributed by atoms with Gasteiger partial charge >= 0.3 is 0 Å². The average Bonchev–Trinajstić information content (AvgIpc) is 3.07. The van der Waals surface area contributed by atoms with Crippen molar-refractivity contribution in [2.75, 3.05) is 20.1 Å². The van der Waals surface area contributed by atoms with Gasteiger partial charge in [0.05, 0.1) is 5.41 Å². The Morgan fingerprint density at radius 3 is 2.52 bits per heavy atom. The maximum absolute atomic E-state index is 13.1. The summed E-state index contributed by atoms with van der Waals surface area (Å²) in [6.45, 7) is 4.10. The number of ketones is 1. The van der Waals surface area contributed by atoms with Crippen LogP contribution in [-0.4, -0.2) is 30.8 Å². The van der Waals surface area contributed by atoms with Gasteiger partial charge < -0.3 is 4.90 Å². The topological polar surface area (TPSA) is 20.3 Å². The molecule has 23 heavy (non-hydrogen) atoms. The zero-order valence-corrected chi connectivity index (χ0v) is 14.9. The van der Waals surface area contributed by atoms with Crippen LogP contribution in [0.15, 0.2) is 41.8 Å². The number of Topliss-reactive ketones (excluding diaryl/α,β-unsaturated/α-hetero) is 1. The highest BCUT2D eigenvalue weighted by Gasteiger charge is 2.43. The Balaban J connectivity index is 2.05. The summed E-state index contributed by atoms with van der Waals surface area (Å²) in [5.41, 5.74) is 2.22. The second-order valence-corrected chi connectivity index (χ2v) is 7.50. The van der Waals surface area contributed by atoms with Gasteiger partial charge in [-0.15, -0.1) is 11.3 Å². The Bertz CT molecular complexity index is 653. The quantitative estimate of drug-likeness (QED) is 0.790. The second kappa shape index (κ2) is 6.98. The highest BCUT2D eigenvalue weighted by Crippen LogP contribution is 2.44. The van der Waals surface area contributed by atoms with E-state index in [9.17, 15) is 4.79 Å². The van der Waals surface area contributed by atoms with Crippen molar-refractivity contribution in [1.82, 2.24) is 4.90 Å². The highest BCUT2D eigenvalue weighted by molar-refractivity contribution is 7.13. The fourth-order valence-electron chi connectivity index (χ4n) is 3.66. The summed E-state index contributed by atoms with van der Waals surface area (Å²) in [6.07, 6.45) is 3.51. The molecule has 0 spiro atoms. The van der Waals surface area contributed by atoms with Gasteiger partial charge in [0.15, 0.2) is 0 Å². The van der Waals surface area contributed by atoms with Gasteiger partial charge in [-0.05, 0) is 62.0 Å². The minimum Gasteiger partial charge on any atom is -0.306 e. The number of hydrogen-bond donors (Lipinski definition) is 0. The lowest BCUT2D eigenvalue weighted by atomic mass is 9.68. The second-order valence-electron chi connectivity index (χ2n) is 6.59. The molecule has 2 heterocycles. The third-order valence-corrected chi connectivity index (χ3v) is 6.03. The van der Waals surface area contributed by atoms with Crippen LogP contribution in [0.5, 0.6) is 0 Å². The number of hydrogen-bond acceptors (Lipinski definition) is 3. The Labute approximate surface area is 143 Å². The van der Waals surface area contributed by atoms with Gasteiger partial charge in [-0.1, -0.05) is 37.3 Å². The number of benzene rings is 1. The summed E-state index contributed by atoms with van der Waals surface area (Å²) in [6, 6.07) is 12.7. The van der Waals surface area contributed by atoms with Crippen LogP contribution >= 0.6 is 11.3 Å². The molecule has 0 N–H and O–H groups in total. The number of likely N-dealkylation sites (tertiary alicyclic amines) is 1. The molecule has 122 valence electrons. The van der Waals surface area contributed by atoms with Crippen molar-refractivity contribution < 1.29 is 4.79 Å². The smallest absolute Gasteiger partial charge is 0.143 e. The normalized spacial score (nSPS) is 18.0. The molecule has 2 aromatic rings. The van der Waals surface area contributed by atoms with E-state index in [1.54, 1.807) is 11.3 Å². The Morgan fingerprint density at radius 2 is 1.87 bits per heavy atom. The molecule has 1 fully saturated rings. The number of carbonyl (C=O) groups is 1. The number of piperidine rings is 1. The standard InChI is InChI=1S/C20H25NOS/c1-3-7-18(22)20(11-13-21(2)14-12-20)17-10-15-23-19(17)16-8-5-4-6-9-16/h4-6,8-10,15H,3,7,11-14H2,1-2H3. The number of carbonyl (C=O) groups excluding carboxylic acids is 1. The first-order chi connectivity index (χ1) is 11.2. The molecule has 3 heteroatoms. The molecular weight excluding hydrogens is 302 g/mol. The SMILES string of the molecule is CCCC(=O)C1(c2ccsc2-c2ccccc2)CCN(C)CC1. The lowest BCUT2D eigenvalue weighted by molar-refractivity contribution is -0.126. The molecule has 1 aliphatic rings. The molecule has 1 aromatic carbocycles. The zero-order valence-electron chi connectivity index (χ0n) is 14.0. The van der Waals surface area contributed by atoms with E-state index in [2.05, 4.69) is 54.6 Å². The predicted molar refractivity (Wildman–Crippen MR) is 98.1 cm³/mol. The van der Waals surface area contributed by atoms with Crippen LogP contribution < -0.4 is 0 Å². The predicted octanol–water partition coefficient (Wildman–Crippen LogP) is 4.75. The summed E-state index contributed by atoms with van der Waals surface area (Å²) >= 11 is 1.77. The largest absolute Gasteiger partial charge is 0.306 e. The molecule has 0 saturated carbocycles. The molecule has 3 rings (SSSR count). The van der Waals surface area contributed by atoms with Crippen molar-refractivity contribution in [1.29, 1.82) is 0 Å². The van der Waals surface area contributed by atoms with Crippen molar-refractivity contribution in [3.63, 3.8) is 0 Å². The van der Waals surface area contributed by atoms with Crippen molar-refractivity contribution in [3.8, 4) is 10.4 Å². The summed E-state index contributed by atoms with van der Waals surface area (Å²) in [4.78, 5) is 16.7. The highest BCUT2D eigenvalue weighted by atomic mass is 32.1. The molecule has 0 aliphatic carbocycles. The first-order valence-corrected chi connectivity index (χ1v) is 9.40. The van der Waals surface area contributed by atoms with E-state index in [0.717, 1.165) is 32.4 Å². The molecule has 0 amide bonds. The lowest BCUT2D eigenvalue weighted by Crippen LogP contribution is -2.46. The van der Waals surface area contributed by atoms with Crippen LogP contribution in [0.1, 0.15) is 38.2 Å². The van der Waals surface area contributed by atoms with Crippen LogP contribution in [0, 0.1) is 0 Å². The van der Waals surface area contributed by atoms with Crippen LogP contribution in [0.3, 0.4) is 0 Å². The Hall–Kier alpha value is -1.45. The van der Waals surface area contributed by atoms with E-state index in [1.807, 2.05) is 6.07 Å². The van der Waals surface area contributed by atoms with E-state index in [-0.39, 0.29) is 5.41 Å². The lowest BCUT2D eigenvalue weighted by Gasteiger charge is -2.40. The summed E-state index contributed by atoms with van der Waals surface area (Å²) in [5, 5.41) is 2.15. The zero-order chi connectivity index (χ0) is 16.3. The monoisotopic (exact) mass is 327 g/mol. The summed E-state index contributed by atoms with van der Waals surface area (Å²) in [7, 11) is 2.15. The fourth-order valence-corrected chi connectivity index (χ4v) is 4.67. The minimum absolute atomic E-state index is 0.284. The maximum atomic E-state index is 13.1. The van der Waals surface area contributed by atoms with Crippen molar-refractivity contribution in [2.45, 2.75) is 38.0 Å². The number of rotatable bonds is 5. The van der Waals surface area contributed by atoms with Crippen LogP contribution in [-0.2, 0) is 10.2 Å². The molecule has 1 saturated heterocycles.